The summed E-state index contributed by atoms with van der Waals surface area (Å²) in [5.74, 6) is -0.132. The van der Waals surface area contributed by atoms with Gasteiger partial charge in [-0.05, 0) is 147 Å². The van der Waals surface area contributed by atoms with Gasteiger partial charge in [0, 0.05) is 74.3 Å². The van der Waals surface area contributed by atoms with Crippen LogP contribution in [-0.4, -0.2) is 139 Å². The Bertz CT molecular complexity index is 3390. The Labute approximate surface area is 519 Å². The number of carbonyl (C=O) groups excluding carboxylic acids is 8. The number of rotatable bonds is 28. The number of methoxy groups -OCH3 is 3. The molecular weight excluding hydrogens is 1140 g/mol. The van der Waals surface area contributed by atoms with Crippen LogP contribution in [0.5, 0.6) is 28.7 Å². The monoisotopic (exact) mass is 1220 g/mol. The predicted octanol–water partition coefficient (Wildman–Crippen LogP) is 9.35. The molecule has 6 aliphatic rings. The molecule has 20 nitrogen and oxygen atoms in total. The largest absolute Gasteiger partial charge is 0.497 e. The number of imide groups is 1. The van der Waals surface area contributed by atoms with Gasteiger partial charge in [-0.25, -0.2) is 9.69 Å². The van der Waals surface area contributed by atoms with Crippen molar-refractivity contribution in [2.75, 3.05) is 52.5 Å². The van der Waals surface area contributed by atoms with Gasteiger partial charge in [0.2, 0.25) is 5.91 Å². The van der Waals surface area contributed by atoms with E-state index in [0.717, 1.165) is 59.5 Å². The molecule has 10 rings (SSSR count). The number of ether oxygens (including phenoxy) is 6. The highest BCUT2D eigenvalue weighted by Gasteiger charge is 2.58. The highest BCUT2D eigenvalue weighted by molar-refractivity contribution is 6.13. The topological polar surface area (TPSA) is 237 Å². The zero-order valence-corrected chi connectivity index (χ0v) is 51.7. The fourth-order valence-electron chi connectivity index (χ4n) is 12.7. The van der Waals surface area contributed by atoms with Crippen molar-refractivity contribution in [2.45, 2.75) is 148 Å². The summed E-state index contributed by atoms with van der Waals surface area (Å²) in [7, 11) is 4.68. The lowest BCUT2D eigenvalue weighted by Gasteiger charge is -2.31. The molecular formula is C69H81N5O15. The third-order valence-corrected chi connectivity index (χ3v) is 18.3. The summed E-state index contributed by atoms with van der Waals surface area (Å²) < 4.78 is 35.3. The van der Waals surface area contributed by atoms with Gasteiger partial charge < -0.3 is 48.6 Å². The van der Waals surface area contributed by atoms with E-state index in [1.165, 1.54) is 24.2 Å². The molecule has 0 radical (unpaired) electrons. The number of hydrogen-bond acceptors (Lipinski definition) is 15. The number of nitrogens with one attached hydrogen (secondary N) is 1. The van der Waals surface area contributed by atoms with Gasteiger partial charge in [0.25, 0.3) is 23.6 Å². The first-order chi connectivity index (χ1) is 42.9. The molecule has 4 aromatic carbocycles. The minimum atomic E-state index is -1.43. The maximum absolute atomic E-state index is 14.4. The summed E-state index contributed by atoms with van der Waals surface area (Å²) in [4.78, 5) is 112. The van der Waals surface area contributed by atoms with Gasteiger partial charge >= 0.3 is 6.09 Å². The molecule has 4 aromatic rings. The Hall–Kier alpha value is -8.52. The van der Waals surface area contributed by atoms with Crippen molar-refractivity contribution >= 4 is 58.5 Å². The molecule has 472 valence electrons. The fraction of sp³-hybridized carbons (Fsp3) is 0.478. The van der Waals surface area contributed by atoms with Crippen molar-refractivity contribution in [3.63, 3.8) is 0 Å². The van der Waals surface area contributed by atoms with Crippen molar-refractivity contribution < 1.29 is 71.9 Å². The van der Waals surface area contributed by atoms with Crippen LogP contribution >= 0.6 is 0 Å². The minimum absolute atomic E-state index is 0.00728. The van der Waals surface area contributed by atoms with Crippen LogP contribution in [0.1, 0.15) is 147 Å². The van der Waals surface area contributed by atoms with Gasteiger partial charge in [0.05, 0.1) is 57.9 Å². The number of unbranched alkanes of at least 4 members (excludes halogenated alkanes) is 4. The van der Waals surface area contributed by atoms with Crippen molar-refractivity contribution in [3.05, 3.63) is 125 Å². The number of aryl methyl sites for hydroxylation is 1. The van der Waals surface area contributed by atoms with Crippen molar-refractivity contribution in [1.82, 2.24) is 20.0 Å². The minimum Gasteiger partial charge on any atom is -0.497 e. The average molecular weight is 1220 g/mol. The molecule has 1 saturated carbocycles. The molecule has 1 spiro atoms. The Morgan fingerprint density at radius 3 is 2.03 bits per heavy atom. The number of hydrogen-bond donors (Lipinski definition) is 2. The van der Waals surface area contributed by atoms with Crippen LogP contribution < -0.4 is 33.9 Å². The quantitative estimate of drug-likeness (QED) is 0.0398. The highest BCUT2D eigenvalue weighted by Crippen LogP contribution is 2.57. The summed E-state index contributed by atoms with van der Waals surface area (Å²) >= 11 is 0. The molecule has 89 heavy (non-hydrogen) atoms. The number of anilines is 1. The van der Waals surface area contributed by atoms with Gasteiger partial charge in [-0.2, -0.15) is 0 Å². The number of fused-ring (bicyclic) bond motifs is 4. The average Bonchev–Trinajstić information content (AvgIpc) is 1.62. The zero-order chi connectivity index (χ0) is 63.1. The molecule has 1 aliphatic carbocycles. The maximum atomic E-state index is 14.4. The van der Waals surface area contributed by atoms with E-state index in [1.807, 2.05) is 55.3 Å². The van der Waals surface area contributed by atoms with E-state index in [0.29, 0.717) is 98.6 Å². The number of Topliss-reactive ketones (excluding diaryl/α,β-unsaturated/α-hetero) is 2. The summed E-state index contributed by atoms with van der Waals surface area (Å²) in [6, 6.07) is 20.2. The standard InChI is InChI=1S/C69H81N5O15/c1-42(2)52(34-50(75)13-9-7-10-28-71-62(77)24-25-63(71)78)64(79)70-43(3)57(76)31-44-14-16-45(17-15-44)40-89-68(83)74-55-37-61(59(86-6)36-54(55)66(81)73-41-69(26-27-69)38-56(73)67(74)82)88-30-12-8-11-29-87-60-33-47-18-21-49-32-48(46-19-22-51(84-4)23-20-46)39-72(49)65(80)53(47)35-58(60)85-5/h14-17,19-20,22-25,33,35-37,39,42-43,49,52,56,67,82H,7-13,18,21,26-32,34,38,40-41H2,1-6H3,(H,70,79)/t43?,49-,52-,56+,67?/m1/s1. The Kier molecular flexibility index (Phi) is 19.9. The maximum Gasteiger partial charge on any atom is 0.416 e. The van der Waals surface area contributed by atoms with Gasteiger partial charge in [0.1, 0.15) is 18.1 Å². The van der Waals surface area contributed by atoms with Crippen LogP contribution in [0.25, 0.3) is 5.57 Å². The fourth-order valence-corrected chi connectivity index (χ4v) is 12.7. The molecule has 5 atom stereocenters. The van der Waals surface area contributed by atoms with Gasteiger partial charge in [-0.1, -0.05) is 56.7 Å². The van der Waals surface area contributed by atoms with Crippen LogP contribution in [0.4, 0.5) is 10.5 Å². The second-order valence-electron chi connectivity index (χ2n) is 24.7. The second kappa shape index (κ2) is 27.9. The molecule has 20 heteroatoms. The number of ketones is 2. The van der Waals surface area contributed by atoms with E-state index >= 15 is 0 Å². The summed E-state index contributed by atoms with van der Waals surface area (Å²) in [6.45, 7) is 6.54. The van der Waals surface area contributed by atoms with E-state index in [2.05, 4.69) is 5.32 Å². The number of nitrogens with zero attached hydrogens (tertiary/aromatic N) is 4. The summed E-state index contributed by atoms with van der Waals surface area (Å²) in [5, 5.41) is 15.0. The summed E-state index contributed by atoms with van der Waals surface area (Å²) in [6.07, 6.45) is 10.9. The number of amides is 6. The lowest BCUT2D eigenvalue weighted by molar-refractivity contribution is -0.137. The van der Waals surface area contributed by atoms with Crippen LogP contribution in [0.3, 0.4) is 0 Å². The molecule has 0 aromatic heterocycles. The first-order valence-corrected chi connectivity index (χ1v) is 31.2. The van der Waals surface area contributed by atoms with Crippen LogP contribution in [0.2, 0.25) is 0 Å². The summed E-state index contributed by atoms with van der Waals surface area (Å²) in [5.41, 5.74) is 5.16. The van der Waals surface area contributed by atoms with E-state index in [4.69, 9.17) is 28.4 Å². The van der Waals surface area contributed by atoms with Gasteiger partial charge in [0.15, 0.2) is 35.0 Å². The number of aliphatic hydroxyl groups is 1. The first-order valence-electron chi connectivity index (χ1n) is 31.2. The molecule has 2 unspecified atom stereocenters. The lowest BCUT2D eigenvalue weighted by Crippen LogP contribution is -2.50. The normalized spacial score (nSPS) is 19.4. The third kappa shape index (κ3) is 14.5. The van der Waals surface area contributed by atoms with E-state index in [1.54, 1.807) is 68.5 Å². The van der Waals surface area contributed by atoms with Gasteiger partial charge in [-0.3, -0.25) is 38.5 Å². The lowest BCUT2D eigenvalue weighted by atomic mass is 9.88. The molecule has 5 heterocycles. The second-order valence-corrected chi connectivity index (χ2v) is 24.7. The molecule has 6 amide bonds. The SMILES string of the molecule is COc1ccc(C2=CN3C(=O)c4cc(OC)c(OCCCCCOc5cc6c(cc5OC)C(=O)N5CC7(CC7)C[C@H]5C(O)N6C(=O)OCc5ccc(CC(=O)C(C)NC(=O)[C@H](CC(=O)CCCCCN6C(=O)C=CC6=O)C(C)C)cc5)cc4CC[C@@H]3C2)cc1. The van der Waals surface area contributed by atoms with E-state index in [-0.39, 0.29) is 108 Å². The predicted molar refractivity (Wildman–Crippen MR) is 330 cm³/mol. The van der Waals surface area contributed by atoms with E-state index < -0.39 is 30.3 Å². The Balaban J connectivity index is 0.712. The molecule has 1 saturated heterocycles. The van der Waals surface area contributed by atoms with Crippen molar-refractivity contribution in [3.8, 4) is 28.7 Å². The Morgan fingerprint density at radius 1 is 0.730 bits per heavy atom. The highest BCUT2D eigenvalue weighted by atomic mass is 16.6. The van der Waals surface area contributed by atoms with E-state index in [9.17, 15) is 43.5 Å². The third-order valence-electron chi connectivity index (χ3n) is 18.3. The smallest absolute Gasteiger partial charge is 0.416 e. The number of carbonyl (C=O) groups is 8. The van der Waals surface area contributed by atoms with Crippen LogP contribution in [0, 0.1) is 17.3 Å². The van der Waals surface area contributed by atoms with Crippen LogP contribution in [0.15, 0.2) is 91.1 Å². The van der Waals surface area contributed by atoms with Gasteiger partial charge in [-0.15, -0.1) is 0 Å². The first kappa shape index (κ1) is 63.5. The molecule has 5 aliphatic heterocycles. The zero-order valence-electron chi connectivity index (χ0n) is 51.7. The Morgan fingerprint density at radius 2 is 1.38 bits per heavy atom. The van der Waals surface area contributed by atoms with Crippen LogP contribution in [-0.2, 0) is 48.2 Å². The van der Waals surface area contributed by atoms with Crippen molar-refractivity contribution in [1.29, 1.82) is 0 Å². The number of aliphatic hydroxyl groups excluding tert-OH is 1. The number of benzene rings is 4. The molecule has 2 N–H and O–H groups in total. The molecule has 2 fully saturated rings. The van der Waals surface area contributed by atoms with Crippen molar-refractivity contribution in [2.24, 2.45) is 17.3 Å². The molecule has 0 bridgehead atoms.